The van der Waals surface area contributed by atoms with Crippen LogP contribution in [0.15, 0.2) is 0 Å². The van der Waals surface area contributed by atoms with Crippen LogP contribution in [0, 0.1) is 11.3 Å². The van der Waals surface area contributed by atoms with E-state index in [2.05, 4.69) is 6.92 Å². The maximum atomic E-state index is 10.3. The van der Waals surface area contributed by atoms with Gasteiger partial charge in [-0.15, -0.1) is 11.6 Å². The fraction of sp³-hybridized carbons (Fsp3) is 1.00. The molecule has 0 aromatic carbocycles. The fourth-order valence-corrected chi connectivity index (χ4v) is 5.53. The van der Waals surface area contributed by atoms with Crippen LogP contribution in [0.1, 0.15) is 45.4 Å². The minimum absolute atomic E-state index is 0.0527. The number of alkyl halides is 1. The van der Waals surface area contributed by atoms with Gasteiger partial charge in [0.05, 0.1) is 5.60 Å². The lowest BCUT2D eigenvalue weighted by atomic mass is 9.48. The first-order valence-electron chi connectivity index (χ1n) is 5.32. The summed E-state index contributed by atoms with van der Waals surface area (Å²) in [5, 5.41) is 10.3. The molecule has 4 rings (SSSR count). The molecule has 1 N–H and O–H groups in total. The van der Waals surface area contributed by atoms with Crippen LogP contribution in [0.2, 0.25) is 0 Å². The van der Waals surface area contributed by atoms with Crippen molar-refractivity contribution in [3.8, 4) is 0 Å². The summed E-state index contributed by atoms with van der Waals surface area (Å²) in [5.41, 5.74) is -0.0637. The molecule has 4 bridgehead atoms. The molecule has 1 nitrogen and oxygen atoms in total. The summed E-state index contributed by atoms with van der Waals surface area (Å²) in [7, 11) is 0. The van der Waals surface area contributed by atoms with E-state index in [0.29, 0.717) is 11.3 Å². The first-order valence-corrected chi connectivity index (χ1v) is 5.70. The molecule has 0 amide bonds. The SMILES string of the molecule is CC12CC3CC(O)(C1)CC(Cl)(C3)C2. The second kappa shape index (κ2) is 2.09. The normalized spacial score (nSPS) is 64.4. The van der Waals surface area contributed by atoms with E-state index in [0.717, 1.165) is 32.1 Å². The third kappa shape index (κ3) is 1.16. The summed E-state index contributed by atoms with van der Waals surface area (Å²) in [5.74, 6) is 0.698. The van der Waals surface area contributed by atoms with Crippen LogP contribution in [-0.2, 0) is 0 Å². The second-order valence-electron chi connectivity index (χ2n) is 6.19. The Kier molecular flexibility index (Phi) is 1.37. The molecule has 0 aromatic rings. The van der Waals surface area contributed by atoms with Gasteiger partial charge in [-0.25, -0.2) is 0 Å². The van der Waals surface area contributed by atoms with Crippen molar-refractivity contribution < 1.29 is 5.11 Å². The molecule has 2 heteroatoms. The van der Waals surface area contributed by atoms with Gasteiger partial charge in [0.2, 0.25) is 0 Å². The molecule has 4 atom stereocenters. The molecule has 4 fully saturated rings. The summed E-state index contributed by atoms with van der Waals surface area (Å²) in [6.07, 6.45) is 6.41. The second-order valence-corrected chi connectivity index (χ2v) is 7.00. The maximum absolute atomic E-state index is 10.3. The predicted octanol–water partition coefficient (Wildman–Crippen LogP) is 2.70. The van der Waals surface area contributed by atoms with Crippen LogP contribution in [0.4, 0.5) is 0 Å². The highest BCUT2D eigenvalue weighted by Crippen LogP contribution is 2.64. The topological polar surface area (TPSA) is 20.2 Å². The van der Waals surface area contributed by atoms with Gasteiger partial charge in [-0.1, -0.05) is 6.92 Å². The zero-order chi connectivity index (χ0) is 9.32. The Labute approximate surface area is 84.5 Å². The number of hydrogen-bond donors (Lipinski definition) is 1. The van der Waals surface area contributed by atoms with Crippen LogP contribution >= 0.6 is 11.6 Å². The molecule has 4 saturated carbocycles. The smallest absolute Gasteiger partial charge is 0.0672 e. The van der Waals surface area contributed by atoms with E-state index in [4.69, 9.17) is 11.6 Å². The Hall–Kier alpha value is 0.250. The molecule has 4 aliphatic carbocycles. The molecule has 0 aliphatic heterocycles. The third-order valence-electron chi connectivity index (χ3n) is 4.25. The summed E-state index contributed by atoms with van der Waals surface area (Å²) >= 11 is 6.55. The first kappa shape index (κ1) is 8.55. The standard InChI is InChI=1S/C11H17ClO/c1-9-2-8-3-10(12,5-9)7-11(13,4-8)6-9/h8,13H,2-7H2,1H3. The van der Waals surface area contributed by atoms with Gasteiger partial charge in [0.1, 0.15) is 0 Å². The minimum Gasteiger partial charge on any atom is -0.390 e. The molecule has 0 heterocycles. The van der Waals surface area contributed by atoms with Gasteiger partial charge in [-0.2, -0.15) is 0 Å². The molecule has 74 valence electrons. The van der Waals surface area contributed by atoms with Crippen LogP contribution in [0.25, 0.3) is 0 Å². The van der Waals surface area contributed by atoms with Crippen molar-refractivity contribution in [2.45, 2.75) is 55.9 Å². The lowest BCUT2D eigenvalue weighted by Crippen LogP contribution is -2.60. The fourth-order valence-electron chi connectivity index (χ4n) is 4.74. The highest BCUT2D eigenvalue weighted by Gasteiger charge is 2.60. The van der Waals surface area contributed by atoms with Crippen molar-refractivity contribution in [1.82, 2.24) is 0 Å². The third-order valence-corrected chi connectivity index (χ3v) is 4.67. The average molecular weight is 201 g/mol. The van der Waals surface area contributed by atoms with E-state index in [9.17, 15) is 5.11 Å². The lowest BCUT2D eigenvalue weighted by Gasteiger charge is -2.62. The lowest BCUT2D eigenvalue weighted by molar-refractivity contribution is -0.148. The van der Waals surface area contributed by atoms with E-state index in [1.54, 1.807) is 0 Å². The quantitative estimate of drug-likeness (QED) is 0.597. The van der Waals surface area contributed by atoms with Gasteiger partial charge in [0.25, 0.3) is 0 Å². The van der Waals surface area contributed by atoms with Crippen molar-refractivity contribution in [3.05, 3.63) is 0 Å². The molecule has 0 spiro atoms. The molecule has 0 radical (unpaired) electrons. The van der Waals surface area contributed by atoms with E-state index in [-0.39, 0.29) is 4.87 Å². The Bertz CT molecular complexity index is 212. The van der Waals surface area contributed by atoms with E-state index in [1.165, 1.54) is 6.42 Å². The summed E-state index contributed by atoms with van der Waals surface area (Å²) in [6.45, 7) is 2.31. The van der Waals surface area contributed by atoms with Crippen molar-refractivity contribution in [2.24, 2.45) is 11.3 Å². The predicted molar refractivity (Wildman–Crippen MR) is 52.8 cm³/mol. The van der Waals surface area contributed by atoms with Crippen molar-refractivity contribution in [1.29, 1.82) is 0 Å². The van der Waals surface area contributed by atoms with Gasteiger partial charge >= 0.3 is 0 Å². The van der Waals surface area contributed by atoms with E-state index in [1.807, 2.05) is 0 Å². The average Bonchev–Trinajstić information content (AvgIpc) is 1.71. The molecule has 4 aliphatic rings. The Morgan fingerprint density at radius 1 is 1.15 bits per heavy atom. The minimum atomic E-state index is -0.407. The monoisotopic (exact) mass is 200 g/mol. The molecule has 0 saturated heterocycles. The maximum Gasteiger partial charge on any atom is 0.0672 e. The van der Waals surface area contributed by atoms with Gasteiger partial charge in [-0.3, -0.25) is 0 Å². The molecular formula is C11H17ClO. The van der Waals surface area contributed by atoms with Crippen LogP contribution in [0.3, 0.4) is 0 Å². The Balaban J connectivity index is 2.03. The van der Waals surface area contributed by atoms with Crippen LogP contribution < -0.4 is 0 Å². The summed E-state index contributed by atoms with van der Waals surface area (Å²) < 4.78 is 0. The summed E-state index contributed by atoms with van der Waals surface area (Å²) in [4.78, 5) is -0.0527. The van der Waals surface area contributed by atoms with Crippen molar-refractivity contribution in [3.63, 3.8) is 0 Å². The first-order chi connectivity index (χ1) is 5.91. The number of halogens is 1. The highest BCUT2D eigenvalue weighted by atomic mass is 35.5. The Morgan fingerprint density at radius 2 is 1.92 bits per heavy atom. The summed E-state index contributed by atoms with van der Waals surface area (Å²) in [6, 6.07) is 0. The van der Waals surface area contributed by atoms with E-state index >= 15 is 0 Å². The highest BCUT2D eigenvalue weighted by molar-refractivity contribution is 6.24. The largest absolute Gasteiger partial charge is 0.390 e. The van der Waals surface area contributed by atoms with Gasteiger partial charge in [-0.05, 0) is 49.9 Å². The van der Waals surface area contributed by atoms with Crippen molar-refractivity contribution >= 4 is 11.6 Å². The number of hydrogen-bond acceptors (Lipinski definition) is 1. The zero-order valence-electron chi connectivity index (χ0n) is 8.15. The van der Waals surface area contributed by atoms with Gasteiger partial charge in [0.15, 0.2) is 0 Å². The number of aliphatic hydroxyl groups is 1. The van der Waals surface area contributed by atoms with E-state index < -0.39 is 5.60 Å². The number of rotatable bonds is 0. The molecule has 0 aromatic heterocycles. The van der Waals surface area contributed by atoms with Gasteiger partial charge < -0.3 is 5.11 Å². The Morgan fingerprint density at radius 3 is 2.46 bits per heavy atom. The van der Waals surface area contributed by atoms with Crippen LogP contribution in [-0.4, -0.2) is 15.6 Å². The molecular weight excluding hydrogens is 184 g/mol. The zero-order valence-corrected chi connectivity index (χ0v) is 8.90. The van der Waals surface area contributed by atoms with Crippen LogP contribution in [0.5, 0.6) is 0 Å². The molecule has 4 unspecified atom stereocenters. The van der Waals surface area contributed by atoms with Crippen molar-refractivity contribution in [2.75, 3.05) is 0 Å². The molecule has 13 heavy (non-hydrogen) atoms. The van der Waals surface area contributed by atoms with Gasteiger partial charge in [0, 0.05) is 4.87 Å².